The van der Waals surface area contributed by atoms with Crippen molar-refractivity contribution in [2.24, 2.45) is 10.4 Å². The van der Waals surface area contributed by atoms with Gasteiger partial charge in [0.2, 0.25) is 5.91 Å². The number of hydrogen-bond acceptors (Lipinski definition) is 4. The van der Waals surface area contributed by atoms with Gasteiger partial charge in [0.25, 0.3) is 0 Å². The molecule has 1 aliphatic heterocycles. The van der Waals surface area contributed by atoms with Gasteiger partial charge in [0.05, 0.1) is 12.6 Å². The van der Waals surface area contributed by atoms with E-state index >= 15 is 0 Å². The first-order valence-electron chi connectivity index (χ1n) is 9.73. The van der Waals surface area contributed by atoms with Crippen LogP contribution in [-0.4, -0.2) is 67.2 Å². The van der Waals surface area contributed by atoms with Crippen LogP contribution >= 0.6 is 0 Å². The lowest BCUT2D eigenvalue weighted by molar-refractivity contribution is -0.128. The molecule has 2 amide bonds. The number of aliphatic imine (C=N–C) groups is 1. The van der Waals surface area contributed by atoms with Gasteiger partial charge in [0.15, 0.2) is 5.96 Å². The second kappa shape index (κ2) is 9.80. The van der Waals surface area contributed by atoms with Crippen molar-refractivity contribution in [3.05, 3.63) is 0 Å². The Hall–Kier alpha value is -1.99. The minimum atomic E-state index is -0.504. The molecule has 1 rings (SSSR count). The van der Waals surface area contributed by atoms with Gasteiger partial charge in [-0.2, -0.15) is 0 Å². The predicted octanol–water partition coefficient (Wildman–Crippen LogP) is 1.71. The van der Waals surface area contributed by atoms with Gasteiger partial charge in [-0.15, -0.1) is 0 Å². The molecular weight excluding hydrogens is 346 g/mol. The molecule has 0 aliphatic carbocycles. The van der Waals surface area contributed by atoms with Crippen molar-refractivity contribution in [2.75, 3.05) is 32.7 Å². The molecule has 27 heavy (non-hydrogen) atoms. The van der Waals surface area contributed by atoms with Gasteiger partial charge in [0, 0.05) is 31.6 Å². The van der Waals surface area contributed by atoms with Crippen LogP contribution in [0.5, 0.6) is 0 Å². The zero-order valence-corrected chi connectivity index (χ0v) is 17.9. The van der Waals surface area contributed by atoms with Crippen LogP contribution in [0.1, 0.15) is 54.9 Å². The van der Waals surface area contributed by atoms with E-state index in [1.165, 1.54) is 0 Å². The van der Waals surface area contributed by atoms with E-state index in [1.807, 2.05) is 48.5 Å². The van der Waals surface area contributed by atoms with Gasteiger partial charge in [0.1, 0.15) is 5.60 Å². The van der Waals surface area contributed by atoms with Gasteiger partial charge in [-0.3, -0.25) is 9.79 Å². The maximum atomic E-state index is 11.9. The Bertz CT molecular complexity index is 534. The molecule has 3 N–H and O–H groups in total. The molecule has 1 aliphatic rings. The van der Waals surface area contributed by atoms with Crippen LogP contribution in [0.3, 0.4) is 0 Å². The number of amides is 2. The van der Waals surface area contributed by atoms with E-state index in [9.17, 15) is 9.59 Å². The van der Waals surface area contributed by atoms with Crippen molar-refractivity contribution >= 4 is 18.0 Å². The maximum Gasteiger partial charge on any atom is 0.407 e. The van der Waals surface area contributed by atoms with E-state index < -0.39 is 11.0 Å². The fourth-order valence-corrected chi connectivity index (χ4v) is 2.57. The Morgan fingerprint density at radius 2 is 1.81 bits per heavy atom. The lowest BCUT2D eigenvalue weighted by Crippen LogP contribution is -2.44. The highest BCUT2D eigenvalue weighted by molar-refractivity contribution is 5.82. The van der Waals surface area contributed by atoms with Crippen LogP contribution in [0.2, 0.25) is 0 Å². The number of nitrogens with zero attached hydrogens (tertiary/aromatic N) is 2. The number of rotatable bonds is 5. The lowest BCUT2D eigenvalue weighted by atomic mass is 9.96. The molecule has 1 saturated heterocycles. The van der Waals surface area contributed by atoms with Crippen molar-refractivity contribution in [1.29, 1.82) is 0 Å². The summed E-state index contributed by atoms with van der Waals surface area (Å²) in [7, 11) is 0. The summed E-state index contributed by atoms with van der Waals surface area (Å²) in [4.78, 5) is 30.6. The smallest absolute Gasteiger partial charge is 0.407 e. The number of nitrogens with one attached hydrogen (secondary N) is 3. The van der Waals surface area contributed by atoms with Crippen LogP contribution in [0.4, 0.5) is 4.79 Å². The maximum absolute atomic E-state index is 11.9. The Balaban J connectivity index is 2.51. The number of guanidine groups is 1. The second-order valence-electron chi connectivity index (χ2n) is 8.82. The third-order valence-electron chi connectivity index (χ3n) is 3.88. The monoisotopic (exact) mass is 383 g/mol. The SMILES string of the molecule is CCNC(=NCCNC(=O)C(C)(C)C)N1CCC(NC(=O)OC(C)(C)C)C1. The molecule has 0 spiro atoms. The van der Waals surface area contributed by atoms with Gasteiger partial charge >= 0.3 is 6.09 Å². The highest BCUT2D eigenvalue weighted by Gasteiger charge is 2.28. The molecule has 1 heterocycles. The predicted molar refractivity (Wildman–Crippen MR) is 108 cm³/mol. The Morgan fingerprint density at radius 3 is 2.37 bits per heavy atom. The molecular formula is C19H37N5O3. The van der Waals surface area contributed by atoms with E-state index in [0.717, 1.165) is 25.5 Å². The van der Waals surface area contributed by atoms with Crippen LogP contribution < -0.4 is 16.0 Å². The average molecular weight is 384 g/mol. The van der Waals surface area contributed by atoms with Gasteiger partial charge in [-0.25, -0.2) is 4.79 Å². The summed E-state index contributed by atoms with van der Waals surface area (Å²) in [6.07, 6.45) is 0.450. The van der Waals surface area contributed by atoms with Crippen molar-refractivity contribution in [1.82, 2.24) is 20.9 Å². The zero-order chi connectivity index (χ0) is 20.7. The molecule has 8 heteroatoms. The molecule has 0 aromatic rings. The summed E-state index contributed by atoms with van der Waals surface area (Å²) in [5.74, 6) is 0.821. The quantitative estimate of drug-likeness (QED) is 0.382. The van der Waals surface area contributed by atoms with Crippen molar-refractivity contribution in [3.8, 4) is 0 Å². The summed E-state index contributed by atoms with van der Waals surface area (Å²) in [5.41, 5.74) is -0.903. The Kier molecular flexibility index (Phi) is 8.37. The van der Waals surface area contributed by atoms with Crippen LogP contribution in [0.25, 0.3) is 0 Å². The van der Waals surface area contributed by atoms with Crippen LogP contribution in [0.15, 0.2) is 4.99 Å². The first-order valence-corrected chi connectivity index (χ1v) is 9.73. The standard InChI is InChI=1S/C19H37N5O3/c1-8-20-16(22-11-10-21-15(25)18(2,3)4)24-12-9-14(13-24)23-17(26)27-19(5,6)7/h14H,8-13H2,1-7H3,(H,20,22)(H,21,25)(H,23,26). The number of carbonyl (C=O) groups excluding carboxylic acids is 2. The molecule has 1 atom stereocenters. The molecule has 0 saturated carbocycles. The molecule has 0 aromatic carbocycles. The van der Waals surface area contributed by atoms with Gasteiger partial charge in [-0.1, -0.05) is 20.8 Å². The van der Waals surface area contributed by atoms with E-state index in [2.05, 4.69) is 25.8 Å². The lowest BCUT2D eigenvalue weighted by Gasteiger charge is -2.23. The second-order valence-corrected chi connectivity index (χ2v) is 8.82. The number of alkyl carbamates (subject to hydrolysis) is 1. The zero-order valence-electron chi connectivity index (χ0n) is 17.9. The Labute approximate surface area is 163 Å². The highest BCUT2D eigenvalue weighted by Crippen LogP contribution is 2.13. The molecule has 1 fully saturated rings. The summed E-state index contributed by atoms with van der Waals surface area (Å²) < 4.78 is 5.32. The molecule has 1 unspecified atom stereocenters. The summed E-state index contributed by atoms with van der Waals surface area (Å²) in [6, 6.07) is 0.0318. The number of hydrogen-bond donors (Lipinski definition) is 3. The average Bonchev–Trinajstić information content (AvgIpc) is 2.95. The molecule has 0 radical (unpaired) electrons. The summed E-state index contributed by atoms with van der Waals surface area (Å²) in [5, 5.41) is 9.09. The molecule has 0 aromatic heterocycles. The van der Waals surface area contributed by atoms with Crippen molar-refractivity contribution in [2.45, 2.75) is 66.5 Å². The number of carbonyl (C=O) groups is 2. The minimum Gasteiger partial charge on any atom is -0.444 e. The number of ether oxygens (including phenoxy) is 1. The molecule has 0 bridgehead atoms. The van der Waals surface area contributed by atoms with Crippen molar-refractivity contribution < 1.29 is 14.3 Å². The number of likely N-dealkylation sites (tertiary alicyclic amines) is 1. The third-order valence-corrected chi connectivity index (χ3v) is 3.88. The fraction of sp³-hybridized carbons (Fsp3) is 0.842. The van der Waals surface area contributed by atoms with E-state index in [1.54, 1.807) is 0 Å². The van der Waals surface area contributed by atoms with Crippen LogP contribution in [0, 0.1) is 5.41 Å². The molecule has 156 valence electrons. The summed E-state index contributed by atoms with van der Waals surface area (Å²) >= 11 is 0. The minimum absolute atomic E-state index is 0.0190. The molecule has 8 nitrogen and oxygen atoms in total. The first-order chi connectivity index (χ1) is 12.4. The topological polar surface area (TPSA) is 95.1 Å². The largest absolute Gasteiger partial charge is 0.444 e. The van der Waals surface area contributed by atoms with Gasteiger partial charge in [-0.05, 0) is 34.1 Å². The van der Waals surface area contributed by atoms with E-state index in [0.29, 0.717) is 19.6 Å². The highest BCUT2D eigenvalue weighted by atomic mass is 16.6. The Morgan fingerprint density at radius 1 is 1.15 bits per heavy atom. The fourth-order valence-electron chi connectivity index (χ4n) is 2.57. The normalized spacial score (nSPS) is 18.3. The van der Waals surface area contributed by atoms with E-state index in [4.69, 9.17) is 4.74 Å². The van der Waals surface area contributed by atoms with Crippen molar-refractivity contribution in [3.63, 3.8) is 0 Å². The van der Waals surface area contributed by atoms with Crippen LogP contribution in [-0.2, 0) is 9.53 Å². The third kappa shape index (κ3) is 8.97. The van der Waals surface area contributed by atoms with E-state index in [-0.39, 0.29) is 18.0 Å². The first kappa shape index (κ1) is 23.0. The summed E-state index contributed by atoms with van der Waals surface area (Å²) in [6.45, 7) is 16.5. The van der Waals surface area contributed by atoms with Gasteiger partial charge < -0.3 is 25.6 Å².